The number of nitrogens with zero attached hydrogens (tertiary/aromatic N) is 1. The second-order valence-electron chi connectivity index (χ2n) is 7.15. The minimum atomic E-state index is -0.315. The van der Waals surface area contributed by atoms with Gasteiger partial charge < -0.3 is 15.5 Å². The van der Waals surface area contributed by atoms with Gasteiger partial charge in [-0.2, -0.15) is 0 Å². The van der Waals surface area contributed by atoms with Gasteiger partial charge in [0.2, 0.25) is 0 Å². The van der Waals surface area contributed by atoms with Crippen LogP contribution in [0.4, 0.5) is 11.4 Å². The molecule has 1 heterocycles. The van der Waals surface area contributed by atoms with E-state index in [9.17, 15) is 9.59 Å². The summed E-state index contributed by atoms with van der Waals surface area (Å²) in [5.74, 6) is -0.275. The minimum Gasteiger partial charge on any atom is -0.361 e. The van der Waals surface area contributed by atoms with Gasteiger partial charge in [-0.05, 0) is 48.4 Å². The van der Waals surface area contributed by atoms with E-state index < -0.39 is 0 Å². The molecule has 3 aromatic carbocycles. The van der Waals surface area contributed by atoms with E-state index in [2.05, 4.69) is 10.6 Å². The molecule has 3 aromatic rings. The Hall–Kier alpha value is -3.31. The van der Waals surface area contributed by atoms with E-state index in [1.165, 1.54) is 0 Å². The van der Waals surface area contributed by atoms with Gasteiger partial charge in [0.1, 0.15) is 6.17 Å². The zero-order valence-electron chi connectivity index (χ0n) is 16.6. The first-order chi connectivity index (χ1) is 14.6. The normalized spacial score (nSPS) is 15.3. The molecule has 0 fully saturated rings. The van der Waals surface area contributed by atoms with Crippen LogP contribution < -0.4 is 10.6 Å². The summed E-state index contributed by atoms with van der Waals surface area (Å²) in [4.78, 5) is 27.5. The standard InChI is InChI=1S/C24H22ClN3O2/c1-2-14-28-22(27-21-13-6-4-11-19(21)24(28)30)16-8-7-9-17(15-16)26-23(29)18-10-3-5-12-20(18)25/h3-13,15,22,27H,2,14H2,1H3,(H,26,29)/t22-/m1/s1. The highest BCUT2D eigenvalue weighted by Gasteiger charge is 2.32. The van der Waals surface area contributed by atoms with E-state index in [0.29, 0.717) is 28.4 Å². The van der Waals surface area contributed by atoms with E-state index in [-0.39, 0.29) is 18.0 Å². The van der Waals surface area contributed by atoms with Crippen LogP contribution in [0.3, 0.4) is 0 Å². The molecule has 6 heteroatoms. The van der Waals surface area contributed by atoms with Gasteiger partial charge in [0.15, 0.2) is 0 Å². The molecule has 0 saturated heterocycles. The van der Waals surface area contributed by atoms with Crippen molar-refractivity contribution in [1.29, 1.82) is 0 Å². The van der Waals surface area contributed by atoms with E-state index in [0.717, 1.165) is 17.7 Å². The zero-order chi connectivity index (χ0) is 21.1. The van der Waals surface area contributed by atoms with E-state index >= 15 is 0 Å². The number of hydrogen-bond donors (Lipinski definition) is 2. The summed E-state index contributed by atoms with van der Waals surface area (Å²) in [6.07, 6.45) is 0.527. The molecule has 5 nitrogen and oxygen atoms in total. The Morgan fingerprint density at radius 3 is 2.63 bits per heavy atom. The second kappa shape index (κ2) is 8.59. The SMILES string of the molecule is CCCN1C(=O)c2ccccc2N[C@H]1c1cccc(NC(=O)c2ccccc2Cl)c1. The molecule has 0 spiro atoms. The summed E-state index contributed by atoms with van der Waals surface area (Å²) in [6.45, 7) is 2.67. The van der Waals surface area contributed by atoms with Gasteiger partial charge in [0, 0.05) is 17.9 Å². The lowest BCUT2D eigenvalue weighted by Crippen LogP contribution is -2.43. The lowest BCUT2D eigenvalue weighted by atomic mass is 10.0. The lowest BCUT2D eigenvalue weighted by molar-refractivity contribution is 0.0683. The number of fused-ring (bicyclic) bond motifs is 1. The molecule has 0 radical (unpaired) electrons. The Morgan fingerprint density at radius 2 is 1.83 bits per heavy atom. The Morgan fingerprint density at radius 1 is 1.07 bits per heavy atom. The average Bonchev–Trinajstić information content (AvgIpc) is 2.76. The topological polar surface area (TPSA) is 61.4 Å². The molecule has 0 unspecified atom stereocenters. The lowest BCUT2D eigenvalue weighted by Gasteiger charge is -2.38. The van der Waals surface area contributed by atoms with Gasteiger partial charge in [-0.15, -0.1) is 0 Å². The molecule has 0 aromatic heterocycles. The van der Waals surface area contributed by atoms with Crippen molar-refractivity contribution in [3.8, 4) is 0 Å². The molecule has 1 aliphatic heterocycles. The maximum atomic E-state index is 13.1. The molecule has 1 aliphatic rings. The molecule has 2 N–H and O–H groups in total. The van der Waals surface area contributed by atoms with Crippen LogP contribution in [-0.2, 0) is 0 Å². The van der Waals surface area contributed by atoms with Crippen molar-refractivity contribution in [2.24, 2.45) is 0 Å². The van der Waals surface area contributed by atoms with Crippen molar-refractivity contribution in [2.45, 2.75) is 19.5 Å². The van der Waals surface area contributed by atoms with Crippen molar-refractivity contribution < 1.29 is 9.59 Å². The molecule has 1 atom stereocenters. The van der Waals surface area contributed by atoms with Crippen LogP contribution >= 0.6 is 11.6 Å². The Kier molecular flexibility index (Phi) is 5.72. The first-order valence-electron chi connectivity index (χ1n) is 9.91. The molecule has 0 aliphatic carbocycles. The fourth-order valence-electron chi connectivity index (χ4n) is 3.66. The fraction of sp³-hybridized carbons (Fsp3) is 0.167. The van der Waals surface area contributed by atoms with Crippen molar-refractivity contribution >= 4 is 34.8 Å². The molecular weight excluding hydrogens is 398 g/mol. The number of nitrogens with one attached hydrogen (secondary N) is 2. The summed E-state index contributed by atoms with van der Waals surface area (Å²) in [6, 6.07) is 22.0. The van der Waals surface area contributed by atoms with Gasteiger partial charge >= 0.3 is 0 Å². The van der Waals surface area contributed by atoms with Crippen molar-refractivity contribution in [3.05, 3.63) is 94.5 Å². The van der Waals surface area contributed by atoms with E-state index in [1.807, 2.05) is 60.4 Å². The van der Waals surface area contributed by atoms with Crippen molar-refractivity contribution in [3.63, 3.8) is 0 Å². The predicted molar refractivity (Wildman–Crippen MR) is 120 cm³/mol. The smallest absolute Gasteiger partial charge is 0.257 e. The highest BCUT2D eigenvalue weighted by Crippen LogP contribution is 2.34. The maximum absolute atomic E-state index is 13.1. The Labute approximate surface area is 180 Å². The van der Waals surface area contributed by atoms with Crippen molar-refractivity contribution in [1.82, 2.24) is 4.90 Å². The third kappa shape index (κ3) is 3.89. The van der Waals surface area contributed by atoms with Crippen LogP contribution in [0.1, 0.15) is 45.8 Å². The monoisotopic (exact) mass is 419 g/mol. The summed E-state index contributed by atoms with van der Waals surface area (Å²) >= 11 is 6.14. The summed E-state index contributed by atoms with van der Waals surface area (Å²) < 4.78 is 0. The molecule has 0 saturated carbocycles. The second-order valence-corrected chi connectivity index (χ2v) is 7.56. The molecule has 4 rings (SSSR count). The fourth-order valence-corrected chi connectivity index (χ4v) is 3.88. The Balaban J connectivity index is 1.63. The van der Waals surface area contributed by atoms with Crippen LogP contribution in [0, 0.1) is 0 Å². The highest BCUT2D eigenvalue weighted by molar-refractivity contribution is 6.34. The molecular formula is C24H22ClN3O2. The Bertz CT molecular complexity index is 1100. The van der Waals surface area contributed by atoms with Crippen LogP contribution in [0.5, 0.6) is 0 Å². The number of rotatable bonds is 5. The minimum absolute atomic E-state index is 0.00158. The third-order valence-corrected chi connectivity index (χ3v) is 5.40. The first-order valence-corrected chi connectivity index (χ1v) is 10.3. The average molecular weight is 420 g/mol. The summed E-state index contributed by atoms with van der Waals surface area (Å²) in [5.41, 5.74) is 3.43. The number of carbonyl (C=O) groups is 2. The molecule has 152 valence electrons. The van der Waals surface area contributed by atoms with Crippen LogP contribution in [0.2, 0.25) is 5.02 Å². The number of hydrogen-bond acceptors (Lipinski definition) is 3. The van der Waals surface area contributed by atoms with Gasteiger partial charge in [-0.1, -0.05) is 54.9 Å². The van der Waals surface area contributed by atoms with E-state index in [4.69, 9.17) is 11.6 Å². The molecule has 0 bridgehead atoms. The molecule has 2 amide bonds. The van der Waals surface area contributed by atoms with Crippen LogP contribution in [-0.4, -0.2) is 23.3 Å². The van der Waals surface area contributed by atoms with Gasteiger partial charge in [0.05, 0.1) is 16.1 Å². The van der Waals surface area contributed by atoms with Gasteiger partial charge in [-0.25, -0.2) is 0 Å². The quantitative estimate of drug-likeness (QED) is 0.568. The predicted octanol–water partition coefficient (Wildman–Crippen LogP) is 5.57. The van der Waals surface area contributed by atoms with Crippen LogP contribution in [0.25, 0.3) is 0 Å². The van der Waals surface area contributed by atoms with Crippen LogP contribution in [0.15, 0.2) is 72.8 Å². The number of anilines is 2. The first kappa shape index (κ1) is 20.0. The third-order valence-electron chi connectivity index (χ3n) is 5.07. The summed E-state index contributed by atoms with van der Waals surface area (Å²) in [5, 5.41) is 6.77. The van der Waals surface area contributed by atoms with E-state index in [1.54, 1.807) is 24.3 Å². The maximum Gasteiger partial charge on any atom is 0.257 e. The number of halogens is 1. The molecule has 30 heavy (non-hydrogen) atoms. The number of carbonyl (C=O) groups excluding carboxylic acids is 2. The largest absolute Gasteiger partial charge is 0.361 e. The number of amides is 2. The highest BCUT2D eigenvalue weighted by atomic mass is 35.5. The van der Waals surface area contributed by atoms with Gasteiger partial charge in [0.25, 0.3) is 11.8 Å². The number of para-hydroxylation sites is 1. The zero-order valence-corrected chi connectivity index (χ0v) is 17.3. The van der Waals surface area contributed by atoms with Crippen molar-refractivity contribution in [2.75, 3.05) is 17.2 Å². The van der Waals surface area contributed by atoms with Gasteiger partial charge in [-0.3, -0.25) is 9.59 Å². The number of benzene rings is 3. The summed E-state index contributed by atoms with van der Waals surface area (Å²) in [7, 11) is 0.